The third kappa shape index (κ3) is 2.94. The number of nitrogens with zero attached hydrogens (tertiary/aromatic N) is 2. The largest absolute Gasteiger partial charge is 0.352 e. The summed E-state index contributed by atoms with van der Waals surface area (Å²) in [6.45, 7) is 7.81. The lowest BCUT2D eigenvalue weighted by molar-refractivity contribution is 0.619. The second-order valence-electron chi connectivity index (χ2n) is 4.82. The Balaban J connectivity index is 2.31. The van der Waals surface area contributed by atoms with Crippen LogP contribution in [0.15, 0.2) is 12.1 Å². The summed E-state index contributed by atoms with van der Waals surface area (Å²) in [5.41, 5.74) is 2.32. The molecule has 0 aromatic carbocycles. The summed E-state index contributed by atoms with van der Waals surface area (Å²) in [5, 5.41) is 0.658. The predicted octanol–water partition coefficient (Wildman–Crippen LogP) is 3.71. The minimum atomic E-state index is 0.534. The first-order valence-corrected chi connectivity index (χ1v) is 8.18. The molecule has 1 aromatic heterocycles. The second-order valence-corrected chi connectivity index (χ2v) is 6.57. The van der Waals surface area contributed by atoms with Gasteiger partial charge in [0.2, 0.25) is 0 Å². The van der Waals surface area contributed by atoms with E-state index in [9.17, 15) is 0 Å². The van der Waals surface area contributed by atoms with Crippen LogP contribution in [0.2, 0.25) is 0 Å². The van der Waals surface area contributed by atoms with E-state index >= 15 is 0 Å². The molecule has 0 N–H and O–H groups in total. The molecule has 0 bridgehead atoms. The Morgan fingerprint density at radius 2 is 2.22 bits per heavy atom. The summed E-state index contributed by atoms with van der Waals surface area (Å²) >= 11 is 8.03. The minimum Gasteiger partial charge on any atom is -0.352 e. The number of hydrogen-bond acceptors (Lipinski definition) is 3. The lowest BCUT2D eigenvalue weighted by atomic mass is 10.1. The van der Waals surface area contributed by atoms with Crippen molar-refractivity contribution in [2.75, 3.05) is 17.2 Å². The monoisotopic (exact) mass is 284 g/mol. The number of aromatic nitrogens is 1. The molecule has 1 aliphatic heterocycles. The third-order valence-electron chi connectivity index (χ3n) is 3.62. The van der Waals surface area contributed by atoms with Gasteiger partial charge in [-0.05, 0) is 31.0 Å². The molecule has 2 nitrogen and oxygen atoms in total. The first-order chi connectivity index (χ1) is 8.65. The normalized spacial score (nSPS) is 24.3. The van der Waals surface area contributed by atoms with Gasteiger partial charge in [-0.15, -0.1) is 11.6 Å². The molecule has 1 fully saturated rings. The van der Waals surface area contributed by atoms with Crippen molar-refractivity contribution in [2.24, 2.45) is 0 Å². The van der Waals surface area contributed by atoms with Gasteiger partial charge in [0, 0.05) is 35.2 Å². The van der Waals surface area contributed by atoms with E-state index in [1.807, 2.05) is 11.8 Å². The predicted molar refractivity (Wildman–Crippen MR) is 81.9 cm³/mol. The van der Waals surface area contributed by atoms with Crippen LogP contribution < -0.4 is 4.90 Å². The molecule has 100 valence electrons. The van der Waals surface area contributed by atoms with Crippen LogP contribution >= 0.6 is 23.4 Å². The molecule has 2 atom stereocenters. The van der Waals surface area contributed by atoms with E-state index in [2.05, 4.69) is 37.8 Å². The smallest absolute Gasteiger partial charge is 0.129 e. The van der Waals surface area contributed by atoms with E-state index in [0.717, 1.165) is 24.5 Å². The molecule has 0 aliphatic carbocycles. The molecule has 4 heteroatoms. The van der Waals surface area contributed by atoms with Crippen LogP contribution in [-0.2, 0) is 12.3 Å². The number of pyridine rings is 1. The number of thioether (sulfide) groups is 1. The molecule has 0 radical (unpaired) electrons. The number of aryl methyl sites for hydroxylation is 1. The van der Waals surface area contributed by atoms with Crippen LogP contribution in [0.5, 0.6) is 0 Å². The minimum absolute atomic E-state index is 0.534. The Labute approximate surface area is 119 Å². The maximum atomic E-state index is 5.98. The number of alkyl halides is 1. The molecule has 1 aliphatic rings. The standard InChI is InChI=1S/C14H21ClN2S/c1-4-13-7-12(9-15)8-14(16-13)17-5-6-18-11(3)10(17)2/h7-8,10-11H,4-6,9H2,1-3H3. The van der Waals surface area contributed by atoms with Crippen molar-refractivity contribution in [2.45, 2.75) is 44.4 Å². The first kappa shape index (κ1) is 14.0. The maximum absolute atomic E-state index is 5.98. The Kier molecular flexibility index (Phi) is 4.79. The van der Waals surface area contributed by atoms with E-state index < -0.39 is 0 Å². The van der Waals surface area contributed by atoms with E-state index in [1.54, 1.807) is 0 Å². The van der Waals surface area contributed by atoms with Gasteiger partial charge in [-0.2, -0.15) is 11.8 Å². The zero-order valence-corrected chi connectivity index (χ0v) is 12.9. The van der Waals surface area contributed by atoms with Crippen LogP contribution in [0.25, 0.3) is 0 Å². The van der Waals surface area contributed by atoms with Gasteiger partial charge in [-0.1, -0.05) is 13.8 Å². The highest BCUT2D eigenvalue weighted by molar-refractivity contribution is 8.00. The fraction of sp³-hybridized carbons (Fsp3) is 0.643. The van der Waals surface area contributed by atoms with Gasteiger partial charge >= 0.3 is 0 Å². The second kappa shape index (κ2) is 6.16. The maximum Gasteiger partial charge on any atom is 0.129 e. The molecule has 2 heterocycles. The van der Waals surface area contributed by atoms with E-state index in [0.29, 0.717) is 17.2 Å². The van der Waals surface area contributed by atoms with Gasteiger partial charge in [0.1, 0.15) is 5.82 Å². The van der Waals surface area contributed by atoms with Crippen molar-refractivity contribution in [3.8, 4) is 0 Å². The van der Waals surface area contributed by atoms with Crippen molar-refractivity contribution in [3.05, 3.63) is 23.4 Å². The SMILES string of the molecule is CCc1cc(CCl)cc(N2CCSC(C)C2C)n1. The number of hydrogen-bond donors (Lipinski definition) is 0. The summed E-state index contributed by atoms with van der Waals surface area (Å²) in [6.07, 6.45) is 0.963. The molecular weight excluding hydrogens is 264 g/mol. The van der Waals surface area contributed by atoms with Gasteiger partial charge in [-0.3, -0.25) is 0 Å². The van der Waals surface area contributed by atoms with Gasteiger partial charge < -0.3 is 4.90 Å². The van der Waals surface area contributed by atoms with Crippen molar-refractivity contribution in [1.82, 2.24) is 4.98 Å². The number of anilines is 1. The molecule has 18 heavy (non-hydrogen) atoms. The van der Waals surface area contributed by atoms with Crippen LogP contribution in [-0.4, -0.2) is 28.6 Å². The van der Waals surface area contributed by atoms with E-state index in [1.165, 1.54) is 11.3 Å². The quantitative estimate of drug-likeness (QED) is 0.787. The lowest BCUT2D eigenvalue weighted by Crippen LogP contribution is -2.45. The summed E-state index contributed by atoms with van der Waals surface area (Å²) in [7, 11) is 0. The fourth-order valence-electron chi connectivity index (χ4n) is 2.30. The lowest BCUT2D eigenvalue weighted by Gasteiger charge is -2.38. The fourth-order valence-corrected chi connectivity index (χ4v) is 3.55. The van der Waals surface area contributed by atoms with E-state index in [-0.39, 0.29) is 0 Å². The van der Waals surface area contributed by atoms with Crippen LogP contribution in [0.3, 0.4) is 0 Å². The van der Waals surface area contributed by atoms with Crippen molar-refractivity contribution in [1.29, 1.82) is 0 Å². The molecule has 0 spiro atoms. The number of rotatable bonds is 3. The summed E-state index contributed by atoms with van der Waals surface area (Å²) < 4.78 is 0. The summed E-state index contributed by atoms with van der Waals surface area (Å²) in [5.74, 6) is 2.85. The molecule has 1 aromatic rings. The topological polar surface area (TPSA) is 16.1 Å². The highest BCUT2D eigenvalue weighted by Crippen LogP contribution is 2.29. The molecule has 0 amide bonds. The molecule has 1 saturated heterocycles. The Morgan fingerprint density at radius 3 is 2.89 bits per heavy atom. The average Bonchev–Trinajstić information content (AvgIpc) is 2.41. The third-order valence-corrected chi connectivity index (χ3v) is 5.27. The van der Waals surface area contributed by atoms with Crippen molar-refractivity contribution in [3.63, 3.8) is 0 Å². The van der Waals surface area contributed by atoms with Crippen molar-refractivity contribution < 1.29 is 0 Å². The van der Waals surface area contributed by atoms with Crippen LogP contribution in [0.4, 0.5) is 5.82 Å². The molecule has 2 unspecified atom stereocenters. The van der Waals surface area contributed by atoms with Gasteiger partial charge in [0.25, 0.3) is 0 Å². The Hall–Kier alpha value is -0.410. The zero-order valence-electron chi connectivity index (χ0n) is 11.3. The average molecular weight is 285 g/mol. The van der Waals surface area contributed by atoms with Gasteiger partial charge in [-0.25, -0.2) is 4.98 Å². The summed E-state index contributed by atoms with van der Waals surface area (Å²) in [4.78, 5) is 7.19. The highest BCUT2D eigenvalue weighted by Gasteiger charge is 2.26. The van der Waals surface area contributed by atoms with Gasteiger partial charge in [0.05, 0.1) is 0 Å². The molecule has 2 rings (SSSR count). The molecular formula is C14H21ClN2S. The van der Waals surface area contributed by atoms with E-state index in [4.69, 9.17) is 16.6 Å². The van der Waals surface area contributed by atoms with Crippen molar-refractivity contribution >= 4 is 29.2 Å². The zero-order chi connectivity index (χ0) is 13.1. The Morgan fingerprint density at radius 1 is 1.44 bits per heavy atom. The molecule has 0 saturated carbocycles. The van der Waals surface area contributed by atoms with Gasteiger partial charge in [0.15, 0.2) is 0 Å². The van der Waals surface area contributed by atoms with Crippen LogP contribution in [0, 0.1) is 0 Å². The Bertz CT molecular complexity index is 389. The first-order valence-electron chi connectivity index (χ1n) is 6.59. The number of halogens is 1. The van der Waals surface area contributed by atoms with Crippen LogP contribution in [0.1, 0.15) is 32.0 Å². The highest BCUT2D eigenvalue weighted by atomic mass is 35.5. The summed E-state index contributed by atoms with van der Waals surface area (Å²) in [6, 6.07) is 4.79.